The van der Waals surface area contributed by atoms with Crippen molar-refractivity contribution in [2.45, 2.75) is 72.6 Å². The molecule has 0 fully saturated rings. The summed E-state index contributed by atoms with van der Waals surface area (Å²) in [6.07, 6.45) is 0.489. The van der Waals surface area contributed by atoms with Crippen LogP contribution in [-0.4, -0.2) is 5.11 Å². The van der Waals surface area contributed by atoms with Crippen LogP contribution >= 0.6 is 0 Å². The maximum absolute atomic E-state index is 11.7. The predicted octanol–water partition coefficient (Wildman–Crippen LogP) is 6.59. The Labute approximate surface area is 157 Å². The molecule has 0 aliphatic heterocycles. The molecule has 0 saturated heterocycles. The van der Waals surface area contributed by atoms with Crippen molar-refractivity contribution >= 4 is 5.69 Å². The molecule has 0 aliphatic carbocycles. The van der Waals surface area contributed by atoms with Gasteiger partial charge in [-0.3, -0.25) is 0 Å². The van der Waals surface area contributed by atoms with E-state index in [1.165, 1.54) is 0 Å². The summed E-state index contributed by atoms with van der Waals surface area (Å²) in [7, 11) is 0. The number of phenolic OH excluding ortho intramolecular Hbond substituents is 1. The van der Waals surface area contributed by atoms with E-state index in [-0.39, 0.29) is 10.8 Å². The average molecular weight is 354 g/mol. The molecule has 2 aromatic carbocycles. The van der Waals surface area contributed by atoms with Crippen LogP contribution in [0.4, 0.5) is 5.69 Å². The first kappa shape index (κ1) is 20.2. The Kier molecular flexibility index (Phi) is 5.32. The van der Waals surface area contributed by atoms with E-state index in [0.717, 1.165) is 33.4 Å². The van der Waals surface area contributed by atoms with Crippen molar-refractivity contribution in [2.24, 2.45) is 5.18 Å². The molecule has 0 aliphatic rings. The average Bonchev–Trinajstić information content (AvgIpc) is 2.48. The van der Waals surface area contributed by atoms with Crippen LogP contribution in [-0.2, 0) is 17.3 Å². The van der Waals surface area contributed by atoms with E-state index in [0.29, 0.717) is 17.9 Å². The first-order valence-corrected chi connectivity index (χ1v) is 9.15. The van der Waals surface area contributed by atoms with E-state index in [9.17, 15) is 10.0 Å². The highest BCUT2D eigenvalue weighted by atomic mass is 16.3. The number of nitrogens with zero attached hydrogens (tertiary/aromatic N) is 1. The predicted molar refractivity (Wildman–Crippen MR) is 110 cm³/mol. The van der Waals surface area contributed by atoms with E-state index in [1.54, 1.807) is 0 Å². The van der Waals surface area contributed by atoms with Crippen molar-refractivity contribution in [1.29, 1.82) is 0 Å². The number of nitroso groups, excluding NO2 is 1. The van der Waals surface area contributed by atoms with Gasteiger partial charge in [-0.05, 0) is 52.1 Å². The van der Waals surface area contributed by atoms with Gasteiger partial charge in [0, 0.05) is 6.42 Å². The second kappa shape index (κ2) is 6.86. The van der Waals surface area contributed by atoms with Crippen LogP contribution in [0.3, 0.4) is 0 Å². The molecule has 2 rings (SSSR count). The Hall–Kier alpha value is -2.16. The summed E-state index contributed by atoms with van der Waals surface area (Å²) in [4.78, 5) is 11.7. The lowest BCUT2D eigenvalue weighted by Gasteiger charge is -2.24. The van der Waals surface area contributed by atoms with Gasteiger partial charge in [-0.1, -0.05) is 76.9 Å². The van der Waals surface area contributed by atoms with Gasteiger partial charge in [-0.2, -0.15) is 0 Å². The van der Waals surface area contributed by atoms with E-state index in [1.807, 2.05) is 38.1 Å². The molecule has 2 aromatic rings. The quantitative estimate of drug-likeness (QED) is 0.632. The molecule has 0 heterocycles. The summed E-state index contributed by atoms with van der Waals surface area (Å²) in [6, 6.07) is 8.08. The molecule has 0 amide bonds. The zero-order chi connectivity index (χ0) is 19.9. The van der Waals surface area contributed by atoms with Gasteiger partial charge in [0.05, 0.1) is 0 Å². The Bertz CT molecular complexity index is 837. The van der Waals surface area contributed by atoms with E-state index < -0.39 is 0 Å². The van der Waals surface area contributed by atoms with Gasteiger partial charge in [0.1, 0.15) is 11.4 Å². The zero-order valence-electron chi connectivity index (χ0n) is 17.3. The van der Waals surface area contributed by atoms with Crippen molar-refractivity contribution < 1.29 is 5.11 Å². The zero-order valence-corrected chi connectivity index (χ0v) is 17.3. The summed E-state index contributed by atoms with van der Waals surface area (Å²) >= 11 is 0. The van der Waals surface area contributed by atoms with Crippen LogP contribution < -0.4 is 0 Å². The Morgan fingerprint density at radius 2 is 1.27 bits per heavy atom. The molecule has 3 nitrogen and oxygen atoms in total. The minimum atomic E-state index is -0.171. The van der Waals surface area contributed by atoms with Crippen molar-refractivity contribution in [1.82, 2.24) is 0 Å². The third kappa shape index (κ3) is 4.14. The summed E-state index contributed by atoms with van der Waals surface area (Å²) in [5, 5.41) is 14.2. The SMILES string of the molecule is Cc1cc(Cc2cc(C)cc(C(C)(C)C)c2N=O)c(O)c(C(C)(C)C)c1. The second-order valence-electron chi connectivity index (χ2n) is 9.41. The molecule has 0 atom stereocenters. The number of aromatic hydroxyl groups is 1. The fourth-order valence-corrected chi connectivity index (χ4v) is 3.43. The summed E-state index contributed by atoms with van der Waals surface area (Å²) < 4.78 is 0. The molecule has 0 unspecified atom stereocenters. The van der Waals surface area contributed by atoms with Crippen molar-refractivity contribution in [3.8, 4) is 5.75 Å². The van der Waals surface area contributed by atoms with Crippen molar-refractivity contribution in [3.63, 3.8) is 0 Å². The van der Waals surface area contributed by atoms with Crippen LogP contribution in [0.5, 0.6) is 5.75 Å². The fourth-order valence-electron chi connectivity index (χ4n) is 3.43. The lowest BCUT2D eigenvalue weighted by Crippen LogP contribution is -2.14. The van der Waals surface area contributed by atoms with Gasteiger partial charge in [0.15, 0.2) is 0 Å². The molecule has 0 spiro atoms. The van der Waals surface area contributed by atoms with Crippen LogP contribution in [0.15, 0.2) is 29.4 Å². The van der Waals surface area contributed by atoms with Gasteiger partial charge in [0.25, 0.3) is 0 Å². The first-order valence-electron chi connectivity index (χ1n) is 9.15. The minimum absolute atomic E-state index is 0.153. The third-order valence-electron chi connectivity index (χ3n) is 4.75. The number of rotatable bonds is 3. The third-order valence-corrected chi connectivity index (χ3v) is 4.75. The molecule has 1 N–H and O–H groups in total. The van der Waals surface area contributed by atoms with Gasteiger partial charge < -0.3 is 5.11 Å². The number of hydrogen-bond donors (Lipinski definition) is 1. The van der Waals surface area contributed by atoms with Gasteiger partial charge in [0.2, 0.25) is 0 Å². The fraction of sp³-hybridized carbons (Fsp3) is 0.478. The summed E-state index contributed by atoms with van der Waals surface area (Å²) in [5.41, 5.74) is 5.96. The minimum Gasteiger partial charge on any atom is -0.507 e. The molecule has 26 heavy (non-hydrogen) atoms. The van der Waals surface area contributed by atoms with Crippen LogP contribution in [0.2, 0.25) is 0 Å². The lowest BCUT2D eigenvalue weighted by molar-refractivity contribution is 0.441. The molecule has 0 radical (unpaired) electrons. The monoisotopic (exact) mass is 353 g/mol. The smallest absolute Gasteiger partial charge is 0.122 e. The van der Waals surface area contributed by atoms with E-state index in [2.05, 4.69) is 46.7 Å². The van der Waals surface area contributed by atoms with Crippen molar-refractivity contribution in [2.75, 3.05) is 0 Å². The Morgan fingerprint density at radius 3 is 1.73 bits per heavy atom. The summed E-state index contributed by atoms with van der Waals surface area (Å²) in [5.74, 6) is 0.318. The largest absolute Gasteiger partial charge is 0.507 e. The number of benzene rings is 2. The molecular weight excluding hydrogens is 322 g/mol. The highest BCUT2D eigenvalue weighted by Gasteiger charge is 2.24. The van der Waals surface area contributed by atoms with Gasteiger partial charge >= 0.3 is 0 Å². The number of hydrogen-bond acceptors (Lipinski definition) is 3. The first-order chi connectivity index (χ1) is 11.8. The van der Waals surface area contributed by atoms with Crippen LogP contribution in [0.25, 0.3) is 0 Å². The van der Waals surface area contributed by atoms with Gasteiger partial charge in [-0.25, -0.2) is 0 Å². The maximum Gasteiger partial charge on any atom is 0.122 e. The Balaban J connectivity index is 2.65. The standard InChI is InChI=1S/C23H31NO2/c1-14-9-16(20(24-26)18(11-14)22(3,4)5)13-17-10-15(2)12-19(21(17)25)23(6,7)8/h9-12,25H,13H2,1-8H3. The highest BCUT2D eigenvalue weighted by Crippen LogP contribution is 2.39. The second-order valence-corrected chi connectivity index (χ2v) is 9.41. The normalized spacial score (nSPS) is 12.3. The maximum atomic E-state index is 11.7. The van der Waals surface area contributed by atoms with Crippen molar-refractivity contribution in [3.05, 3.63) is 62.6 Å². The lowest BCUT2D eigenvalue weighted by atomic mass is 9.81. The van der Waals surface area contributed by atoms with Crippen LogP contribution in [0.1, 0.15) is 74.9 Å². The Morgan fingerprint density at radius 1 is 0.808 bits per heavy atom. The molecular formula is C23H31NO2. The molecule has 0 saturated carbocycles. The van der Waals surface area contributed by atoms with Crippen LogP contribution in [0, 0.1) is 18.8 Å². The van der Waals surface area contributed by atoms with Gasteiger partial charge in [-0.15, -0.1) is 4.91 Å². The van der Waals surface area contributed by atoms with E-state index in [4.69, 9.17) is 0 Å². The molecule has 0 bridgehead atoms. The number of aryl methyl sites for hydroxylation is 2. The molecule has 140 valence electrons. The molecule has 0 aromatic heterocycles. The molecule has 3 heteroatoms. The summed E-state index contributed by atoms with van der Waals surface area (Å²) in [6.45, 7) is 16.6. The van der Waals surface area contributed by atoms with E-state index >= 15 is 0 Å². The highest BCUT2D eigenvalue weighted by molar-refractivity contribution is 5.60. The topological polar surface area (TPSA) is 49.7 Å². The number of phenols is 1.